The van der Waals surface area contributed by atoms with Crippen LogP contribution in [0.3, 0.4) is 0 Å². The van der Waals surface area contributed by atoms with Crippen molar-refractivity contribution >= 4 is 0 Å². The molecule has 21 heavy (non-hydrogen) atoms. The topological polar surface area (TPSA) is 12.9 Å². The first-order valence-electron chi connectivity index (χ1n) is 7.88. The van der Waals surface area contributed by atoms with Gasteiger partial charge in [-0.05, 0) is 59.4 Å². The highest BCUT2D eigenvalue weighted by Crippen LogP contribution is 2.46. The van der Waals surface area contributed by atoms with Crippen molar-refractivity contribution < 1.29 is 0 Å². The second-order valence-electron chi connectivity index (χ2n) is 7.75. The van der Waals surface area contributed by atoms with Crippen LogP contribution in [0, 0.1) is 6.92 Å². The summed E-state index contributed by atoms with van der Waals surface area (Å²) in [7, 11) is 0. The van der Waals surface area contributed by atoms with Crippen LogP contribution in [0.2, 0.25) is 0 Å². The third-order valence-corrected chi connectivity index (χ3v) is 5.06. The lowest BCUT2D eigenvalue weighted by atomic mass is 9.63. The van der Waals surface area contributed by atoms with E-state index in [2.05, 4.69) is 69.9 Å². The number of benzene rings is 1. The van der Waals surface area contributed by atoms with Gasteiger partial charge >= 0.3 is 0 Å². The number of fused-ring (bicyclic) bond motifs is 1. The molecule has 0 saturated carbocycles. The maximum absolute atomic E-state index is 4.58. The van der Waals surface area contributed by atoms with Crippen molar-refractivity contribution in [3.63, 3.8) is 0 Å². The Bertz CT molecular complexity index is 663. The highest BCUT2D eigenvalue weighted by Gasteiger charge is 2.36. The molecule has 0 saturated heterocycles. The van der Waals surface area contributed by atoms with Crippen LogP contribution in [0.5, 0.6) is 0 Å². The Morgan fingerprint density at radius 2 is 1.52 bits per heavy atom. The fraction of sp³-hybridized carbons (Fsp3) is 0.450. The molecule has 1 nitrogen and oxygen atoms in total. The summed E-state index contributed by atoms with van der Waals surface area (Å²) in [6, 6.07) is 11.2. The molecule has 0 atom stereocenters. The average Bonchev–Trinajstić information content (AvgIpc) is 2.45. The normalized spacial score (nSPS) is 19.1. The summed E-state index contributed by atoms with van der Waals surface area (Å²) in [6.45, 7) is 11.5. The van der Waals surface area contributed by atoms with E-state index in [0.717, 1.165) is 5.69 Å². The fourth-order valence-corrected chi connectivity index (χ4v) is 3.39. The molecule has 0 radical (unpaired) electrons. The van der Waals surface area contributed by atoms with Gasteiger partial charge in [-0.3, -0.25) is 4.98 Å². The monoisotopic (exact) mass is 279 g/mol. The first kappa shape index (κ1) is 14.3. The van der Waals surface area contributed by atoms with Gasteiger partial charge in [0.1, 0.15) is 0 Å². The van der Waals surface area contributed by atoms with E-state index in [1.165, 1.54) is 35.1 Å². The summed E-state index contributed by atoms with van der Waals surface area (Å²) in [4.78, 5) is 4.58. The molecule has 2 aromatic rings. The van der Waals surface area contributed by atoms with Gasteiger partial charge in [0.05, 0.1) is 5.69 Å². The summed E-state index contributed by atoms with van der Waals surface area (Å²) in [6.07, 6.45) is 4.46. The Morgan fingerprint density at radius 3 is 2.14 bits per heavy atom. The molecule has 0 aliphatic heterocycles. The van der Waals surface area contributed by atoms with Crippen LogP contribution in [-0.2, 0) is 10.8 Å². The molecule has 3 rings (SSSR count). The zero-order valence-corrected chi connectivity index (χ0v) is 13.8. The minimum absolute atomic E-state index is 0.256. The van der Waals surface area contributed by atoms with Gasteiger partial charge in [0, 0.05) is 11.8 Å². The van der Waals surface area contributed by atoms with E-state index in [-0.39, 0.29) is 10.8 Å². The Morgan fingerprint density at radius 1 is 0.857 bits per heavy atom. The molecule has 0 spiro atoms. The predicted molar refractivity (Wildman–Crippen MR) is 89.7 cm³/mol. The first-order valence-corrected chi connectivity index (χ1v) is 7.88. The Hall–Kier alpha value is -1.63. The minimum atomic E-state index is 0.256. The number of nitrogens with zero attached hydrogens (tertiary/aromatic N) is 1. The highest BCUT2D eigenvalue weighted by molar-refractivity contribution is 5.63. The second kappa shape index (κ2) is 4.69. The summed E-state index contributed by atoms with van der Waals surface area (Å²) in [5.41, 5.74) is 7.06. The van der Waals surface area contributed by atoms with Gasteiger partial charge in [0.25, 0.3) is 0 Å². The van der Waals surface area contributed by atoms with Gasteiger partial charge in [-0.25, -0.2) is 0 Å². The molecule has 0 N–H and O–H groups in total. The van der Waals surface area contributed by atoms with E-state index in [9.17, 15) is 0 Å². The molecule has 0 bridgehead atoms. The van der Waals surface area contributed by atoms with Crippen molar-refractivity contribution in [2.75, 3.05) is 0 Å². The van der Waals surface area contributed by atoms with Crippen LogP contribution in [0.25, 0.3) is 11.3 Å². The summed E-state index contributed by atoms with van der Waals surface area (Å²) >= 11 is 0. The van der Waals surface area contributed by atoms with Gasteiger partial charge in [-0.15, -0.1) is 0 Å². The standard InChI is InChI=1S/C20H25N/c1-14-6-9-18(21-13-14)15-7-8-16-17(12-15)20(4,5)11-10-19(16,2)3/h6-9,12-13H,10-11H2,1-5H3. The molecule has 1 heteroatoms. The summed E-state index contributed by atoms with van der Waals surface area (Å²) in [5.74, 6) is 0. The molecular weight excluding hydrogens is 254 g/mol. The smallest absolute Gasteiger partial charge is 0.0702 e. The molecule has 110 valence electrons. The van der Waals surface area contributed by atoms with Crippen LogP contribution < -0.4 is 0 Å². The lowest BCUT2D eigenvalue weighted by Crippen LogP contribution is -2.33. The lowest BCUT2D eigenvalue weighted by Gasteiger charge is -2.42. The zero-order valence-electron chi connectivity index (χ0n) is 13.8. The van der Waals surface area contributed by atoms with Gasteiger partial charge in [-0.2, -0.15) is 0 Å². The third-order valence-electron chi connectivity index (χ3n) is 5.06. The molecule has 0 fully saturated rings. The number of hydrogen-bond donors (Lipinski definition) is 0. The van der Waals surface area contributed by atoms with E-state index >= 15 is 0 Å². The van der Waals surface area contributed by atoms with Crippen LogP contribution in [0.1, 0.15) is 57.2 Å². The summed E-state index contributed by atoms with van der Waals surface area (Å²) < 4.78 is 0. The molecule has 0 amide bonds. The van der Waals surface area contributed by atoms with E-state index in [1.54, 1.807) is 0 Å². The minimum Gasteiger partial charge on any atom is -0.256 e. The number of rotatable bonds is 1. The molecule has 1 aliphatic rings. The molecular formula is C20H25N. The second-order valence-corrected chi connectivity index (χ2v) is 7.75. The van der Waals surface area contributed by atoms with Crippen LogP contribution in [0.15, 0.2) is 36.5 Å². The van der Waals surface area contributed by atoms with Gasteiger partial charge in [-0.1, -0.05) is 45.9 Å². The molecule has 1 aromatic heterocycles. The van der Waals surface area contributed by atoms with Crippen LogP contribution in [-0.4, -0.2) is 4.98 Å². The van der Waals surface area contributed by atoms with E-state index in [1.807, 2.05) is 6.20 Å². The average molecular weight is 279 g/mol. The van der Waals surface area contributed by atoms with Crippen molar-refractivity contribution in [2.24, 2.45) is 0 Å². The zero-order chi connectivity index (χ0) is 15.3. The molecule has 1 heterocycles. The number of aromatic nitrogens is 1. The van der Waals surface area contributed by atoms with Crippen molar-refractivity contribution in [1.82, 2.24) is 4.98 Å². The molecule has 1 aliphatic carbocycles. The highest BCUT2D eigenvalue weighted by atomic mass is 14.7. The van der Waals surface area contributed by atoms with Crippen molar-refractivity contribution in [1.29, 1.82) is 0 Å². The van der Waals surface area contributed by atoms with Crippen LogP contribution in [0.4, 0.5) is 0 Å². The maximum Gasteiger partial charge on any atom is 0.0702 e. The lowest BCUT2D eigenvalue weighted by molar-refractivity contribution is 0.332. The Kier molecular flexibility index (Phi) is 3.20. The van der Waals surface area contributed by atoms with Crippen LogP contribution >= 0.6 is 0 Å². The SMILES string of the molecule is Cc1ccc(-c2ccc3c(c2)C(C)(C)CCC3(C)C)nc1. The number of pyridine rings is 1. The summed E-state index contributed by atoms with van der Waals surface area (Å²) in [5, 5.41) is 0. The fourth-order valence-electron chi connectivity index (χ4n) is 3.39. The van der Waals surface area contributed by atoms with Gasteiger partial charge in [0.15, 0.2) is 0 Å². The number of aryl methyl sites for hydroxylation is 1. The van der Waals surface area contributed by atoms with E-state index < -0.39 is 0 Å². The largest absolute Gasteiger partial charge is 0.256 e. The maximum atomic E-state index is 4.58. The van der Waals surface area contributed by atoms with Crippen molar-refractivity contribution in [2.45, 2.75) is 58.3 Å². The quantitative estimate of drug-likeness (QED) is 0.680. The van der Waals surface area contributed by atoms with Gasteiger partial charge < -0.3 is 0 Å². The third kappa shape index (κ3) is 2.50. The number of hydrogen-bond acceptors (Lipinski definition) is 1. The van der Waals surface area contributed by atoms with Gasteiger partial charge in [0.2, 0.25) is 0 Å². The molecule has 1 aromatic carbocycles. The van der Waals surface area contributed by atoms with Crippen molar-refractivity contribution in [3.05, 3.63) is 53.2 Å². The molecule has 0 unspecified atom stereocenters. The predicted octanol–water partition coefficient (Wildman–Crippen LogP) is 5.41. The van der Waals surface area contributed by atoms with E-state index in [0.29, 0.717) is 0 Å². The van der Waals surface area contributed by atoms with E-state index in [4.69, 9.17) is 0 Å². The Balaban J connectivity index is 2.14. The van der Waals surface area contributed by atoms with Crippen molar-refractivity contribution in [3.8, 4) is 11.3 Å². The first-order chi connectivity index (χ1) is 9.79. The Labute approximate surface area is 128 Å².